The highest BCUT2D eigenvalue weighted by Gasteiger charge is 2.18. The average Bonchev–Trinajstić information content (AvgIpc) is 2.16. The lowest BCUT2D eigenvalue weighted by molar-refractivity contribution is -0.115. The minimum absolute atomic E-state index is 0.0556. The third-order valence-electron chi connectivity index (χ3n) is 1.60. The van der Waals surface area contributed by atoms with Crippen LogP contribution in [0.4, 0.5) is 0 Å². The van der Waals surface area contributed by atoms with E-state index in [9.17, 15) is 0 Å². The molecule has 0 amide bonds. The van der Waals surface area contributed by atoms with Crippen molar-refractivity contribution in [3.63, 3.8) is 0 Å². The van der Waals surface area contributed by atoms with Crippen molar-refractivity contribution in [2.75, 3.05) is 26.4 Å². The Morgan fingerprint density at radius 1 is 1.00 bits per heavy atom. The van der Waals surface area contributed by atoms with Crippen LogP contribution in [0.2, 0.25) is 0 Å². The van der Waals surface area contributed by atoms with E-state index in [4.69, 9.17) is 14.2 Å². The molecule has 0 heterocycles. The van der Waals surface area contributed by atoms with Gasteiger partial charge in [-0.05, 0) is 20.8 Å². The van der Waals surface area contributed by atoms with Crippen molar-refractivity contribution in [3.8, 4) is 0 Å². The van der Waals surface area contributed by atoms with E-state index in [0.717, 1.165) is 0 Å². The summed E-state index contributed by atoms with van der Waals surface area (Å²) in [6.45, 7) is 15.3. The molecule has 0 unspecified atom stereocenters. The van der Waals surface area contributed by atoms with Gasteiger partial charge in [0.15, 0.2) is 0 Å². The molecule has 0 saturated carbocycles. The van der Waals surface area contributed by atoms with E-state index in [1.54, 1.807) is 12.2 Å². The second kappa shape index (κ2) is 8.50. The summed E-state index contributed by atoms with van der Waals surface area (Å²) >= 11 is 0. The van der Waals surface area contributed by atoms with Crippen LogP contribution in [-0.2, 0) is 14.2 Å². The molecule has 3 nitrogen and oxygen atoms in total. The normalized spacial score (nSPS) is 11.8. The van der Waals surface area contributed by atoms with Crippen LogP contribution in [0.25, 0.3) is 0 Å². The molecule has 0 rings (SSSR count). The van der Waals surface area contributed by atoms with E-state index < -0.39 is 0 Å². The van der Waals surface area contributed by atoms with E-state index in [1.807, 2.05) is 20.8 Å². The van der Waals surface area contributed by atoms with E-state index in [1.165, 1.54) is 0 Å². The third-order valence-corrected chi connectivity index (χ3v) is 1.60. The van der Waals surface area contributed by atoms with Gasteiger partial charge in [0.2, 0.25) is 0 Å². The van der Waals surface area contributed by atoms with Gasteiger partial charge in [-0.15, -0.1) is 13.2 Å². The van der Waals surface area contributed by atoms with Crippen LogP contribution in [0, 0.1) is 0 Å². The predicted molar refractivity (Wildman–Crippen MR) is 66.7 cm³/mol. The molecule has 0 spiro atoms. The molecule has 16 heavy (non-hydrogen) atoms. The lowest BCUT2D eigenvalue weighted by Crippen LogP contribution is -2.34. The van der Waals surface area contributed by atoms with Crippen LogP contribution < -0.4 is 0 Å². The van der Waals surface area contributed by atoms with Gasteiger partial charge in [0.1, 0.15) is 6.10 Å². The molecule has 0 aliphatic carbocycles. The molecule has 0 radical (unpaired) electrons. The van der Waals surface area contributed by atoms with Gasteiger partial charge in [-0.25, -0.2) is 0 Å². The molecule has 3 heteroatoms. The van der Waals surface area contributed by atoms with E-state index in [-0.39, 0.29) is 11.7 Å². The van der Waals surface area contributed by atoms with Crippen LogP contribution in [0.5, 0.6) is 0 Å². The molecule has 0 bridgehead atoms. The van der Waals surface area contributed by atoms with Crippen molar-refractivity contribution in [2.24, 2.45) is 0 Å². The molecule has 0 aliphatic heterocycles. The van der Waals surface area contributed by atoms with Gasteiger partial charge in [-0.3, -0.25) is 0 Å². The predicted octanol–water partition coefficient (Wildman–Crippen LogP) is 2.58. The van der Waals surface area contributed by atoms with Crippen LogP contribution in [0.1, 0.15) is 20.8 Å². The first-order valence-corrected chi connectivity index (χ1v) is 5.54. The summed E-state index contributed by atoms with van der Waals surface area (Å²) in [6, 6.07) is 0. The monoisotopic (exact) mass is 228 g/mol. The maximum absolute atomic E-state index is 5.81. The molecule has 0 aliphatic rings. The highest BCUT2D eigenvalue weighted by atomic mass is 16.6. The zero-order chi connectivity index (χ0) is 12.4. The third kappa shape index (κ3) is 9.90. The van der Waals surface area contributed by atoms with Crippen molar-refractivity contribution in [2.45, 2.75) is 32.5 Å². The lowest BCUT2D eigenvalue weighted by atomic mass is 10.2. The molecule has 0 saturated heterocycles. The number of rotatable bonds is 9. The van der Waals surface area contributed by atoms with E-state index >= 15 is 0 Å². The molecule has 94 valence electrons. The van der Waals surface area contributed by atoms with Crippen molar-refractivity contribution >= 4 is 0 Å². The van der Waals surface area contributed by atoms with Gasteiger partial charge in [0.05, 0.1) is 32.0 Å². The fourth-order valence-corrected chi connectivity index (χ4v) is 1.18. The second-order valence-corrected chi connectivity index (χ2v) is 4.50. The molecule has 0 aromatic rings. The summed E-state index contributed by atoms with van der Waals surface area (Å²) in [5, 5.41) is 0. The van der Waals surface area contributed by atoms with E-state index in [2.05, 4.69) is 13.2 Å². The lowest BCUT2D eigenvalue weighted by Gasteiger charge is -2.27. The summed E-state index contributed by atoms with van der Waals surface area (Å²) in [5.41, 5.74) is -0.195. The van der Waals surface area contributed by atoms with Gasteiger partial charge in [0, 0.05) is 0 Å². The van der Waals surface area contributed by atoms with Crippen molar-refractivity contribution in [3.05, 3.63) is 25.3 Å². The van der Waals surface area contributed by atoms with Crippen LogP contribution in [0.3, 0.4) is 0 Å². The highest BCUT2D eigenvalue weighted by molar-refractivity contribution is 4.70. The van der Waals surface area contributed by atoms with Gasteiger partial charge >= 0.3 is 0 Å². The zero-order valence-electron chi connectivity index (χ0n) is 10.7. The molecule has 0 fully saturated rings. The molecule has 0 N–H and O–H groups in total. The maximum Gasteiger partial charge on any atom is 0.105 e. The number of hydrogen-bond donors (Lipinski definition) is 0. The largest absolute Gasteiger partial charge is 0.375 e. The van der Waals surface area contributed by atoms with Gasteiger partial charge in [-0.2, -0.15) is 0 Å². The average molecular weight is 228 g/mol. The zero-order valence-corrected chi connectivity index (χ0v) is 10.7. The summed E-state index contributed by atoms with van der Waals surface area (Å²) in [5.74, 6) is 0. The Morgan fingerprint density at radius 2 is 1.44 bits per heavy atom. The minimum atomic E-state index is -0.195. The Labute approximate surface area is 99.1 Å². The maximum atomic E-state index is 5.81. The minimum Gasteiger partial charge on any atom is -0.375 e. The quantitative estimate of drug-likeness (QED) is 0.448. The van der Waals surface area contributed by atoms with Gasteiger partial charge in [-0.1, -0.05) is 12.2 Å². The summed E-state index contributed by atoms with van der Waals surface area (Å²) in [6.07, 6.45) is 3.39. The molecular formula is C13H24O3. The Morgan fingerprint density at radius 3 is 1.75 bits per heavy atom. The Hall–Kier alpha value is -0.640. The molecule has 0 aromatic heterocycles. The second-order valence-electron chi connectivity index (χ2n) is 4.50. The Kier molecular flexibility index (Phi) is 8.16. The first-order chi connectivity index (χ1) is 7.49. The van der Waals surface area contributed by atoms with Gasteiger partial charge in [0.25, 0.3) is 0 Å². The standard InChI is InChI=1S/C13H24O3/c1-6-8-14-10-12(11-15-9-7-2)16-13(3,4)5/h6-7,12H,1-2,8-11H2,3-5H3. The van der Waals surface area contributed by atoms with Crippen LogP contribution in [-0.4, -0.2) is 38.1 Å². The summed E-state index contributed by atoms with van der Waals surface area (Å²) in [4.78, 5) is 0. The molecule has 0 aromatic carbocycles. The summed E-state index contributed by atoms with van der Waals surface area (Å²) < 4.78 is 16.6. The molecule has 0 atom stereocenters. The van der Waals surface area contributed by atoms with Crippen LogP contribution in [0.15, 0.2) is 25.3 Å². The fourth-order valence-electron chi connectivity index (χ4n) is 1.18. The van der Waals surface area contributed by atoms with Crippen molar-refractivity contribution in [1.29, 1.82) is 0 Å². The molecular weight excluding hydrogens is 204 g/mol. The SMILES string of the molecule is C=CCOCC(COCC=C)OC(C)(C)C. The summed E-state index contributed by atoms with van der Waals surface area (Å²) in [7, 11) is 0. The first-order valence-electron chi connectivity index (χ1n) is 5.54. The van der Waals surface area contributed by atoms with Crippen molar-refractivity contribution < 1.29 is 14.2 Å². The highest BCUT2D eigenvalue weighted by Crippen LogP contribution is 2.11. The smallest absolute Gasteiger partial charge is 0.105 e. The number of hydrogen-bond acceptors (Lipinski definition) is 3. The Balaban J connectivity index is 3.94. The van der Waals surface area contributed by atoms with Crippen molar-refractivity contribution in [1.82, 2.24) is 0 Å². The first kappa shape index (κ1) is 15.4. The van der Waals surface area contributed by atoms with Crippen LogP contribution >= 0.6 is 0 Å². The van der Waals surface area contributed by atoms with Gasteiger partial charge < -0.3 is 14.2 Å². The topological polar surface area (TPSA) is 27.7 Å². The number of ether oxygens (including phenoxy) is 3. The van der Waals surface area contributed by atoms with E-state index in [0.29, 0.717) is 26.4 Å². The Bertz CT molecular complexity index is 180. The fraction of sp³-hybridized carbons (Fsp3) is 0.692.